The number of aryl methyl sites for hydroxylation is 4. The van der Waals surface area contributed by atoms with Crippen LogP contribution in [0, 0.1) is 27.7 Å². The van der Waals surface area contributed by atoms with Crippen LogP contribution < -0.4 is 10.2 Å². The van der Waals surface area contributed by atoms with Crippen LogP contribution in [0.1, 0.15) is 46.0 Å². The van der Waals surface area contributed by atoms with Crippen LogP contribution in [0.2, 0.25) is 0 Å². The molecule has 0 aliphatic carbocycles. The molecule has 1 atom stereocenters. The molecule has 4 rings (SSSR count). The number of carboxylic acid groups (broad SMARTS) is 1. The molecule has 1 aliphatic heterocycles. The fourth-order valence-corrected chi connectivity index (χ4v) is 4.60. The number of hydrogen-bond acceptors (Lipinski definition) is 6. The number of benzene rings is 2. The highest BCUT2D eigenvalue weighted by molar-refractivity contribution is 5.73. The number of carbonyl (C=O) groups is 1. The first kappa shape index (κ1) is 27.9. The number of aliphatic carboxylic acids is 1. The van der Waals surface area contributed by atoms with Gasteiger partial charge in [-0.1, -0.05) is 48.0 Å². The summed E-state index contributed by atoms with van der Waals surface area (Å²) >= 11 is 0. The Hall–Kier alpha value is -3.66. The Morgan fingerprint density at radius 2 is 1.68 bits per heavy atom. The Morgan fingerprint density at radius 3 is 2.22 bits per heavy atom. The van der Waals surface area contributed by atoms with Gasteiger partial charge in [-0.05, 0) is 57.2 Å². The van der Waals surface area contributed by atoms with Gasteiger partial charge in [-0.15, -0.1) is 0 Å². The highest BCUT2D eigenvalue weighted by atomic mass is 19.4. The van der Waals surface area contributed by atoms with Gasteiger partial charge >= 0.3 is 12.1 Å². The molecule has 1 aromatic heterocycles. The Morgan fingerprint density at radius 1 is 1.08 bits per heavy atom. The van der Waals surface area contributed by atoms with Gasteiger partial charge in [-0.3, -0.25) is 0 Å². The summed E-state index contributed by atoms with van der Waals surface area (Å²) in [4.78, 5) is 20.9. The molecule has 2 heterocycles. The lowest BCUT2D eigenvalue weighted by atomic mass is 10.0. The van der Waals surface area contributed by atoms with Gasteiger partial charge in [0.1, 0.15) is 5.82 Å². The van der Waals surface area contributed by atoms with Crippen molar-refractivity contribution in [3.63, 3.8) is 0 Å². The zero-order valence-corrected chi connectivity index (χ0v) is 21.2. The molecule has 37 heavy (non-hydrogen) atoms. The number of hydrogen-bond donors (Lipinski definition) is 3. The predicted molar refractivity (Wildman–Crippen MR) is 136 cm³/mol. The van der Waals surface area contributed by atoms with Crippen LogP contribution in [0.25, 0.3) is 0 Å². The number of aromatic nitrogens is 2. The Kier molecular flexibility index (Phi) is 8.75. The van der Waals surface area contributed by atoms with Gasteiger partial charge in [0.05, 0.1) is 6.04 Å². The van der Waals surface area contributed by atoms with E-state index in [0.717, 1.165) is 30.2 Å². The van der Waals surface area contributed by atoms with E-state index in [2.05, 4.69) is 74.3 Å². The molecule has 0 saturated carbocycles. The first-order valence-electron chi connectivity index (χ1n) is 11.9. The third-order valence-corrected chi connectivity index (χ3v) is 6.19. The third-order valence-electron chi connectivity index (χ3n) is 6.19. The topological polar surface area (TPSA) is 98.6 Å². The van der Waals surface area contributed by atoms with E-state index in [4.69, 9.17) is 19.9 Å². The van der Waals surface area contributed by atoms with E-state index in [1.54, 1.807) is 0 Å². The zero-order valence-electron chi connectivity index (χ0n) is 21.2. The van der Waals surface area contributed by atoms with Crippen LogP contribution in [-0.4, -0.2) is 45.5 Å². The molecular weight excluding hydrogens is 485 g/mol. The van der Waals surface area contributed by atoms with Crippen molar-refractivity contribution in [1.82, 2.24) is 9.97 Å². The fraction of sp³-hybridized carbons (Fsp3) is 0.370. The maximum Gasteiger partial charge on any atom is 0.490 e. The Labute approximate surface area is 214 Å². The molecule has 0 radical (unpaired) electrons. The summed E-state index contributed by atoms with van der Waals surface area (Å²) in [5.41, 5.74) is 8.12. The van der Waals surface area contributed by atoms with Crippen LogP contribution >= 0.6 is 0 Å². The van der Waals surface area contributed by atoms with Crippen molar-refractivity contribution in [1.29, 1.82) is 0 Å². The molecule has 7 nitrogen and oxygen atoms in total. The van der Waals surface area contributed by atoms with Gasteiger partial charge in [-0.2, -0.15) is 18.2 Å². The summed E-state index contributed by atoms with van der Waals surface area (Å²) in [6, 6.07) is 14.8. The average Bonchev–Trinajstić information content (AvgIpc) is 3.24. The summed E-state index contributed by atoms with van der Waals surface area (Å²) in [6.45, 7) is 9.43. The van der Waals surface area contributed by atoms with Crippen molar-refractivity contribution in [3.05, 3.63) is 76.0 Å². The van der Waals surface area contributed by atoms with Gasteiger partial charge in [-0.25, -0.2) is 9.78 Å². The van der Waals surface area contributed by atoms with Gasteiger partial charge in [0.25, 0.3) is 0 Å². The van der Waals surface area contributed by atoms with Crippen LogP contribution in [0.4, 0.5) is 30.6 Å². The third kappa shape index (κ3) is 6.76. The monoisotopic (exact) mass is 516 g/mol. The number of anilines is 3. The number of nitrogens with one attached hydrogen (secondary N) is 1. The largest absolute Gasteiger partial charge is 0.490 e. The van der Waals surface area contributed by atoms with E-state index in [1.807, 2.05) is 6.07 Å². The van der Waals surface area contributed by atoms with Crippen LogP contribution in [0.15, 0.2) is 42.5 Å². The van der Waals surface area contributed by atoms with E-state index in [-0.39, 0.29) is 12.6 Å². The van der Waals surface area contributed by atoms with E-state index in [9.17, 15) is 18.3 Å². The molecule has 1 unspecified atom stereocenters. The maximum atomic E-state index is 10.6. The molecule has 0 spiro atoms. The minimum atomic E-state index is -5.08. The molecule has 0 saturated heterocycles. The zero-order chi connectivity index (χ0) is 27.3. The summed E-state index contributed by atoms with van der Waals surface area (Å²) in [5.74, 6) is -1.15. The van der Waals surface area contributed by atoms with Crippen LogP contribution in [0.5, 0.6) is 0 Å². The Balaban J connectivity index is 0.000000479. The number of rotatable bonds is 6. The molecule has 0 amide bonds. The fourth-order valence-electron chi connectivity index (χ4n) is 4.60. The highest BCUT2D eigenvalue weighted by Crippen LogP contribution is 2.37. The molecular formula is C27H31F3N4O3. The second kappa shape index (κ2) is 11.6. The quantitative estimate of drug-likeness (QED) is 0.394. The first-order chi connectivity index (χ1) is 17.4. The van der Waals surface area contributed by atoms with E-state index in [0.29, 0.717) is 12.4 Å². The summed E-state index contributed by atoms with van der Waals surface area (Å²) in [6.07, 6.45) is -3.48. The standard InChI is InChI=1S/C25H30N4O.C2HF3O2/c1-16-14-17(2)23(18(3)15-16)27-25-26-19(4)21-10-12-29(24(21)28-25)22(11-13-30)20-8-6-5-7-9-20;3-2(4,5)1(6)7/h5-9,14-15,22,30H,10-13H2,1-4H3,(H,26,27,28);(H,6,7). The second-order valence-corrected chi connectivity index (χ2v) is 9.02. The molecule has 1 aliphatic rings. The average molecular weight is 517 g/mol. The second-order valence-electron chi connectivity index (χ2n) is 9.02. The minimum absolute atomic E-state index is 0.0995. The van der Waals surface area contributed by atoms with Gasteiger partial charge in [0.2, 0.25) is 5.95 Å². The first-order valence-corrected chi connectivity index (χ1v) is 11.9. The smallest absolute Gasteiger partial charge is 0.475 e. The predicted octanol–water partition coefficient (Wildman–Crippen LogP) is 5.57. The van der Waals surface area contributed by atoms with Crippen molar-refractivity contribution >= 4 is 23.4 Å². The molecule has 3 aromatic rings. The number of aliphatic hydroxyl groups is 1. The molecule has 10 heteroatoms. The van der Waals surface area contributed by atoms with Gasteiger partial charge in [0, 0.05) is 30.1 Å². The highest BCUT2D eigenvalue weighted by Gasteiger charge is 2.38. The van der Waals surface area contributed by atoms with Crippen LogP contribution in [-0.2, 0) is 11.2 Å². The molecule has 198 valence electrons. The lowest BCUT2D eigenvalue weighted by molar-refractivity contribution is -0.192. The molecule has 2 aromatic carbocycles. The lowest BCUT2D eigenvalue weighted by Crippen LogP contribution is -2.28. The van der Waals surface area contributed by atoms with Crippen LogP contribution in [0.3, 0.4) is 0 Å². The van der Waals surface area contributed by atoms with E-state index < -0.39 is 12.1 Å². The Bertz CT molecular complexity index is 1230. The summed E-state index contributed by atoms with van der Waals surface area (Å²) in [7, 11) is 0. The number of aliphatic hydroxyl groups excluding tert-OH is 1. The number of nitrogens with zero attached hydrogens (tertiary/aromatic N) is 3. The normalized spacial score (nSPS) is 13.5. The number of alkyl halides is 3. The summed E-state index contributed by atoms with van der Waals surface area (Å²) in [5, 5.41) is 20.3. The van der Waals surface area contributed by atoms with E-state index in [1.165, 1.54) is 27.8 Å². The molecule has 3 N–H and O–H groups in total. The maximum absolute atomic E-state index is 10.6. The van der Waals surface area contributed by atoms with Crippen molar-refractivity contribution in [2.75, 3.05) is 23.4 Å². The number of fused-ring (bicyclic) bond motifs is 1. The lowest BCUT2D eigenvalue weighted by Gasteiger charge is -2.30. The van der Waals surface area contributed by atoms with Crippen molar-refractivity contribution < 1.29 is 28.2 Å². The summed E-state index contributed by atoms with van der Waals surface area (Å²) < 4.78 is 31.7. The van der Waals surface area contributed by atoms with Crippen molar-refractivity contribution in [3.8, 4) is 0 Å². The molecule has 0 bridgehead atoms. The van der Waals surface area contributed by atoms with Crippen molar-refractivity contribution in [2.45, 2.75) is 52.8 Å². The van der Waals surface area contributed by atoms with Crippen molar-refractivity contribution in [2.24, 2.45) is 0 Å². The van der Waals surface area contributed by atoms with E-state index >= 15 is 0 Å². The van der Waals surface area contributed by atoms with Gasteiger partial charge in [0.15, 0.2) is 0 Å². The number of carboxylic acids is 1. The van der Waals surface area contributed by atoms with Gasteiger partial charge < -0.3 is 20.4 Å². The molecule has 0 fully saturated rings. The SMILES string of the molecule is Cc1cc(C)c(Nc2nc(C)c3c(n2)N(C(CCO)c2ccccc2)CC3)c(C)c1.O=C(O)C(F)(F)F. The minimum Gasteiger partial charge on any atom is -0.475 e. The number of halogens is 3.